The first-order chi connectivity index (χ1) is 13.7. The molecule has 0 aliphatic rings. The van der Waals surface area contributed by atoms with E-state index in [4.69, 9.17) is 4.74 Å². The van der Waals surface area contributed by atoms with Gasteiger partial charge in [-0.3, -0.25) is 9.59 Å². The van der Waals surface area contributed by atoms with Crippen molar-refractivity contribution in [2.75, 3.05) is 19.7 Å². The lowest BCUT2D eigenvalue weighted by atomic mass is 9.67. The number of hydrogen-bond acceptors (Lipinski definition) is 3. The molecule has 0 aromatic rings. The van der Waals surface area contributed by atoms with Gasteiger partial charge in [0.2, 0.25) is 11.8 Å². The zero-order valence-electron chi connectivity index (χ0n) is 22.6. The Hall–Kier alpha value is -1.10. The van der Waals surface area contributed by atoms with Crippen molar-refractivity contribution < 1.29 is 14.3 Å². The minimum Gasteiger partial charge on any atom is -0.366 e. The Kier molecular flexibility index (Phi) is 11.3. The molecule has 0 spiro atoms. The fourth-order valence-corrected chi connectivity index (χ4v) is 4.64. The van der Waals surface area contributed by atoms with Gasteiger partial charge in [-0.2, -0.15) is 0 Å². The smallest absolute Gasteiger partial charge is 0.246 e. The van der Waals surface area contributed by atoms with E-state index in [1.54, 1.807) is 0 Å². The quantitative estimate of drug-likeness (QED) is 0.416. The van der Waals surface area contributed by atoms with Crippen molar-refractivity contribution in [2.45, 2.75) is 108 Å². The third kappa shape index (κ3) is 16.2. The molecule has 5 heteroatoms. The number of ether oxygens (including phenoxy) is 1. The van der Waals surface area contributed by atoms with Crippen molar-refractivity contribution in [3.05, 3.63) is 0 Å². The lowest BCUT2D eigenvalue weighted by molar-refractivity contribution is -0.130. The molecule has 0 saturated heterocycles. The van der Waals surface area contributed by atoms with Crippen molar-refractivity contribution in [1.82, 2.24) is 10.6 Å². The molecule has 0 radical (unpaired) electrons. The van der Waals surface area contributed by atoms with Gasteiger partial charge in [0.15, 0.2) is 0 Å². The summed E-state index contributed by atoms with van der Waals surface area (Å²) in [4.78, 5) is 24.5. The number of carbonyl (C=O) groups excluding carboxylic acids is 2. The fraction of sp³-hybridized carbons (Fsp3) is 0.923. The van der Waals surface area contributed by atoms with Gasteiger partial charge in [0.25, 0.3) is 0 Å². The first kappa shape index (κ1) is 29.9. The zero-order chi connectivity index (χ0) is 24.7. The molecule has 2 N–H and O–H groups in total. The SMILES string of the molecule is CC(CNC(=O)COC(C)(C)C)C(C)CNC(=O)CC(C)(C)CC(C)(C)CC(C)(C)C. The molecule has 2 amide bonds. The maximum absolute atomic E-state index is 12.6. The van der Waals surface area contributed by atoms with E-state index in [2.05, 4.69) is 72.9 Å². The summed E-state index contributed by atoms with van der Waals surface area (Å²) in [5.74, 6) is 0.543. The van der Waals surface area contributed by atoms with Gasteiger partial charge in [0, 0.05) is 19.5 Å². The lowest BCUT2D eigenvalue weighted by Crippen LogP contribution is -2.39. The normalized spacial score (nSPS) is 15.4. The van der Waals surface area contributed by atoms with Crippen LogP contribution < -0.4 is 10.6 Å². The topological polar surface area (TPSA) is 67.4 Å². The molecule has 0 bridgehead atoms. The average molecular weight is 441 g/mol. The van der Waals surface area contributed by atoms with E-state index in [0.717, 1.165) is 12.8 Å². The van der Waals surface area contributed by atoms with Gasteiger partial charge in [-0.1, -0.05) is 62.3 Å². The number of nitrogens with one attached hydrogen (secondary N) is 2. The fourth-order valence-electron chi connectivity index (χ4n) is 4.64. The number of amides is 2. The monoisotopic (exact) mass is 440 g/mol. The van der Waals surface area contributed by atoms with Crippen LogP contribution in [0.2, 0.25) is 0 Å². The van der Waals surface area contributed by atoms with Gasteiger partial charge < -0.3 is 15.4 Å². The summed E-state index contributed by atoms with van der Waals surface area (Å²) in [6.07, 6.45) is 2.67. The van der Waals surface area contributed by atoms with Crippen LogP contribution in [-0.4, -0.2) is 37.1 Å². The van der Waals surface area contributed by atoms with Gasteiger partial charge >= 0.3 is 0 Å². The molecule has 0 aromatic heterocycles. The Morgan fingerprint density at radius 3 is 1.58 bits per heavy atom. The Balaban J connectivity index is 4.41. The first-order valence-electron chi connectivity index (χ1n) is 11.9. The van der Waals surface area contributed by atoms with Gasteiger partial charge in [-0.25, -0.2) is 0 Å². The molecule has 0 aliphatic carbocycles. The van der Waals surface area contributed by atoms with Crippen molar-refractivity contribution in [3.63, 3.8) is 0 Å². The van der Waals surface area contributed by atoms with E-state index in [1.807, 2.05) is 20.8 Å². The van der Waals surface area contributed by atoms with Gasteiger partial charge in [0.1, 0.15) is 6.61 Å². The maximum atomic E-state index is 12.6. The largest absolute Gasteiger partial charge is 0.366 e. The van der Waals surface area contributed by atoms with Crippen LogP contribution in [-0.2, 0) is 14.3 Å². The second kappa shape index (κ2) is 11.7. The summed E-state index contributed by atoms with van der Waals surface area (Å²) >= 11 is 0. The molecule has 5 nitrogen and oxygen atoms in total. The van der Waals surface area contributed by atoms with Crippen LogP contribution in [0.5, 0.6) is 0 Å². The number of carbonyl (C=O) groups is 2. The van der Waals surface area contributed by atoms with Crippen molar-refractivity contribution in [2.24, 2.45) is 28.1 Å². The lowest BCUT2D eigenvalue weighted by Gasteiger charge is -2.38. The Bertz CT molecular complexity index is 568. The minimum absolute atomic E-state index is 0.0469. The van der Waals surface area contributed by atoms with E-state index >= 15 is 0 Å². The van der Waals surface area contributed by atoms with Crippen molar-refractivity contribution in [1.29, 1.82) is 0 Å². The molecular formula is C26H52N2O3. The van der Waals surface area contributed by atoms with Crippen LogP contribution in [0.3, 0.4) is 0 Å². The molecule has 0 rings (SSSR count). The molecule has 2 atom stereocenters. The highest BCUT2D eigenvalue weighted by molar-refractivity contribution is 5.77. The summed E-state index contributed by atoms with van der Waals surface area (Å²) in [6.45, 7) is 27.1. The summed E-state index contributed by atoms with van der Waals surface area (Å²) in [6, 6.07) is 0. The number of rotatable bonds is 12. The average Bonchev–Trinajstić information content (AvgIpc) is 2.50. The summed E-state index contributed by atoms with van der Waals surface area (Å²) in [5.41, 5.74) is 0.103. The van der Waals surface area contributed by atoms with E-state index in [0.29, 0.717) is 19.5 Å². The predicted molar refractivity (Wildman–Crippen MR) is 131 cm³/mol. The van der Waals surface area contributed by atoms with Crippen LogP contribution in [0.15, 0.2) is 0 Å². The molecule has 0 fully saturated rings. The van der Waals surface area contributed by atoms with E-state index in [9.17, 15) is 9.59 Å². The molecule has 0 heterocycles. The van der Waals surface area contributed by atoms with Gasteiger partial charge in [0.05, 0.1) is 5.60 Å². The van der Waals surface area contributed by atoms with Crippen molar-refractivity contribution >= 4 is 11.8 Å². The van der Waals surface area contributed by atoms with Crippen LogP contribution in [0.25, 0.3) is 0 Å². The van der Waals surface area contributed by atoms with Crippen LogP contribution in [0.1, 0.15) is 102 Å². The molecular weight excluding hydrogens is 388 g/mol. The molecule has 184 valence electrons. The highest BCUT2D eigenvalue weighted by atomic mass is 16.5. The summed E-state index contributed by atoms with van der Waals surface area (Å²) in [5, 5.41) is 6.04. The summed E-state index contributed by atoms with van der Waals surface area (Å²) < 4.78 is 5.50. The first-order valence-corrected chi connectivity index (χ1v) is 11.9. The predicted octanol–water partition coefficient (Wildman–Crippen LogP) is 5.57. The van der Waals surface area contributed by atoms with Gasteiger partial charge in [-0.05, 0) is 61.7 Å². The Labute approximate surface area is 192 Å². The van der Waals surface area contributed by atoms with Crippen LogP contribution in [0.4, 0.5) is 0 Å². The Morgan fingerprint density at radius 2 is 1.16 bits per heavy atom. The van der Waals surface area contributed by atoms with E-state index in [1.165, 1.54) is 0 Å². The third-order valence-electron chi connectivity index (χ3n) is 5.46. The van der Waals surface area contributed by atoms with E-state index < -0.39 is 0 Å². The highest BCUT2D eigenvalue weighted by Crippen LogP contribution is 2.43. The standard InChI is InChI=1S/C26H52N2O3/c1-19(20(2)15-28-22(30)16-31-24(6,7)8)14-27-21(29)13-25(9,10)18-26(11,12)17-23(3,4)5/h19-20H,13-18H2,1-12H3,(H,27,29)(H,28,30). The molecule has 0 saturated carbocycles. The maximum Gasteiger partial charge on any atom is 0.246 e. The van der Waals surface area contributed by atoms with E-state index in [-0.39, 0.29) is 52.1 Å². The molecule has 2 unspecified atom stereocenters. The second-order valence-electron chi connectivity index (χ2n) is 13.4. The second-order valence-corrected chi connectivity index (χ2v) is 13.4. The molecule has 0 aliphatic heterocycles. The third-order valence-corrected chi connectivity index (χ3v) is 5.46. The number of hydrogen-bond donors (Lipinski definition) is 2. The highest BCUT2D eigenvalue weighted by Gasteiger charge is 2.33. The van der Waals surface area contributed by atoms with Gasteiger partial charge in [-0.15, -0.1) is 0 Å². The molecule has 31 heavy (non-hydrogen) atoms. The van der Waals surface area contributed by atoms with Crippen LogP contribution >= 0.6 is 0 Å². The Morgan fingerprint density at radius 1 is 0.710 bits per heavy atom. The van der Waals surface area contributed by atoms with Crippen molar-refractivity contribution in [3.8, 4) is 0 Å². The minimum atomic E-state index is -0.323. The zero-order valence-corrected chi connectivity index (χ0v) is 22.6. The van der Waals surface area contributed by atoms with Crippen LogP contribution in [0, 0.1) is 28.1 Å². The molecule has 0 aromatic carbocycles. The summed E-state index contributed by atoms with van der Waals surface area (Å²) in [7, 11) is 0.